The first-order chi connectivity index (χ1) is 6.70. The van der Waals surface area contributed by atoms with Gasteiger partial charge in [-0.2, -0.15) is 0 Å². The minimum atomic E-state index is -0.660. The molecule has 0 aromatic heterocycles. The molecule has 1 fully saturated rings. The summed E-state index contributed by atoms with van der Waals surface area (Å²) in [6.45, 7) is 1.11. The third-order valence-corrected chi connectivity index (χ3v) is 2.26. The summed E-state index contributed by atoms with van der Waals surface area (Å²) in [6, 6.07) is 0. The van der Waals surface area contributed by atoms with Crippen molar-refractivity contribution in [3.63, 3.8) is 0 Å². The smallest absolute Gasteiger partial charge is 0.203 e. The summed E-state index contributed by atoms with van der Waals surface area (Å²) in [4.78, 5) is 23.0. The SMILES string of the molecule is CC#CC1=C(CO)C(=O)C2OC2C1=O. The van der Waals surface area contributed by atoms with Crippen molar-refractivity contribution >= 4 is 11.6 Å². The molecule has 0 bridgehead atoms. The normalized spacial score (nSPS) is 29.6. The van der Waals surface area contributed by atoms with E-state index < -0.39 is 18.8 Å². The number of hydrogen-bond acceptors (Lipinski definition) is 4. The number of epoxide rings is 1. The second-order valence-electron chi connectivity index (χ2n) is 3.09. The fraction of sp³-hybridized carbons (Fsp3) is 0.400. The summed E-state index contributed by atoms with van der Waals surface area (Å²) in [5.41, 5.74) is 0.196. The number of aliphatic hydroxyl groups is 1. The van der Waals surface area contributed by atoms with Crippen LogP contribution in [0.1, 0.15) is 6.92 Å². The lowest BCUT2D eigenvalue weighted by Gasteiger charge is -2.08. The van der Waals surface area contributed by atoms with Crippen LogP contribution in [-0.4, -0.2) is 35.5 Å². The monoisotopic (exact) mass is 192 g/mol. The van der Waals surface area contributed by atoms with Gasteiger partial charge in [-0.15, -0.1) is 5.92 Å². The first kappa shape index (κ1) is 9.13. The molecule has 1 N–H and O–H groups in total. The van der Waals surface area contributed by atoms with Gasteiger partial charge >= 0.3 is 0 Å². The summed E-state index contributed by atoms with van der Waals surface area (Å²) in [5.74, 6) is 4.49. The fourth-order valence-electron chi connectivity index (χ4n) is 1.52. The number of ketones is 2. The average Bonchev–Trinajstić information content (AvgIpc) is 2.94. The van der Waals surface area contributed by atoms with Crippen LogP contribution in [0.15, 0.2) is 11.1 Å². The van der Waals surface area contributed by atoms with Crippen LogP contribution in [0.3, 0.4) is 0 Å². The molecule has 2 rings (SSSR count). The highest BCUT2D eigenvalue weighted by molar-refractivity contribution is 6.20. The Labute approximate surface area is 80.6 Å². The second kappa shape index (κ2) is 3.05. The van der Waals surface area contributed by atoms with E-state index in [0.717, 1.165) is 0 Å². The maximum absolute atomic E-state index is 11.5. The van der Waals surface area contributed by atoms with Crippen LogP contribution >= 0.6 is 0 Å². The molecule has 1 aliphatic carbocycles. The summed E-state index contributed by atoms with van der Waals surface area (Å²) >= 11 is 0. The van der Waals surface area contributed by atoms with E-state index in [1.165, 1.54) is 0 Å². The Balaban J connectivity index is 2.50. The lowest BCUT2D eigenvalue weighted by atomic mass is 9.90. The lowest BCUT2D eigenvalue weighted by Crippen LogP contribution is -2.29. The largest absolute Gasteiger partial charge is 0.391 e. The molecule has 2 unspecified atom stereocenters. The summed E-state index contributed by atoms with van der Waals surface area (Å²) in [7, 11) is 0. The maximum atomic E-state index is 11.5. The molecule has 0 aromatic rings. The van der Waals surface area contributed by atoms with Gasteiger partial charge in [-0.25, -0.2) is 0 Å². The van der Waals surface area contributed by atoms with Gasteiger partial charge < -0.3 is 9.84 Å². The Morgan fingerprint density at radius 3 is 2.57 bits per heavy atom. The quantitative estimate of drug-likeness (QED) is 0.437. The molecule has 0 radical (unpaired) electrons. The Morgan fingerprint density at radius 2 is 2.00 bits per heavy atom. The van der Waals surface area contributed by atoms with E-state index in [4.69, 9.17) is 9.84 Å². The van der Waals surface area contributed by atoms with Gasteiger partial charge in [-0.3, -0.25) is 9.59 Å². The highest BCUT2D eigenvalue weighted by Gasteiger charge is 2.55. The Hall–Kier alpha value is -1.44. The number of carbonyl (C=O) groups excluding carboxylic acids is 2. The van der Waals surface area contributed by atoms with E-state index in [-0.39, 0.29) is 22.7 Å². The molecular formula is C10H8O4. The summed E-state index contributed by atoms with van der Waals surface area (Å²) < 4.78 is 4.89. The van der Waals surface area contributed by atoms with Crippen LogP contribution in [0.2, 0.25) is 0 Å². The minimum Gasteiger partial charge on any atom is -0.391 e. The van der Waals surface area contributed by atoms with E-state index in [1.54, 1.807) is 6.92 Å². The number of ether oxygens (including phenoxy) is 1. The zero-order valence-corrected chi connectivity index (χ0v) is 7.53. The van der Waals surface area contributed by atoms with Crippen molar-refractivity contribution in [3.05, 3.63) is 11.1 Å². The minimum absolute atomic E-state index is 0.0862. The summed E-state index contributed by atoms with van der Waals surface area (Å²) in [6.07, 6.45) is -1.30. The van der Waals surface area contributed by atoms with Gasteiger partial charge in [0.2, 0.25) is 5.78 Å². The molecule has 0 saturated carbocycles. The van der Waals surface area contributed by atoms with Crippen molar-refractivity contribution in [1.29, 1.82) is 0 Å². The van der Waals surface area contributed by atoms with Crippen molar-refractivity contribution in [2.45, 2.75) is 19.1 Å². The molecule has 1 heterocycles. The van der Waals surface area contributed by atoms with Gasteiger partial charge in [-0.1, -0.05) is 5.92 Å². The molecule has 2 atom stereocenters. The van der Waals surface area contributed by atoms with E-state index >= 15 is 0 Å². The zero-order valence-electron chi connectivity index (χ0n) is 7.53. The van der Waals surface area contributed by atoms with Crippen molar-refractivity contribution in [1.82, 2.24) is 0 Å². The van der Waals surface area contributed by atoms with Crippen LogP contribution in [0.4, 0.5) is 0 Å². The van der Waals surface area contributed by atoms with Gasteiger partial charge in [-0.05, 0) is 6.92 Å². The highest BCUT2D eigenvalue weighted by Crippen LogP contribution is 2.34. The zero-order chi connectivity index (χ0) is 10.3. The number of rotatable bonds is 1. The number of hydrogen-bond donors (Lipinski definition) is 1. The number of fused-ring (bicyclic) bond motifs is 1. The van der Waals surface area contributed by atoms with E-state index in [1.807, 2.05) is 0 Å². The number of Topliss-reactive ketones (excluding diaryl/α,β-unsaturated/α-hetero) is 2. The van der Waals surface area contributed by atoms with Gasteiger partial charge in [0.1, 0.15) is 0 Å². The predicted octanol–water partition coefficient (Wildman–Crippen LogP) is -0.782. The Bertz CT molecular complexity index is 408. The number of aliphatic hydroxyl groups excluding tert-OH is 1. The Morgan fingerprint density at radius 1 is 1.36 bits per heavy atom. The van der Waals surface area contributed by atoms with E-state index in [9.17, 15) is 9.59 Å². The van der Waals surface area contributed by atoms with Crippen molar-refractivity contribution in [2.75, 3.05) is 6.61 Å². The molecule has 14 heavy (non-hydrogen) atoms. The molecule has 1 aliphatic heterocycles. The predicted molar refractivity (Wildman–Crippen MR) is 46.2 cm³/mol. The topological polar surface area (TPSA) is 66.9 Å². The molecule has 72 valence electrons. The standard InChI is InChI=1S/C10H8O4/c1-2-3-5-6(4-11)8(13)10-9(14-10)7(5)12/h9-11H,4H2,1H3. The third-order valence-electron chi connectivity index (χ3n) is 2.26. The lowest BCUT2D eigenvalue weighted by molar-refractivity contribution is -0.120. The molecule has 0 amide bonds. The molecular weight excluding hydrogens is 184 g/mol. The van der Waals surface area contributed by atoms with Crippen LogP contribution < -0.4 is 0 Å². The van der Waals surface area contributed by atoms with Crippen LogP contribution in [-0.2, 0) is 14.3 Å². The Kier molecular flexibility index (Phi) is 1.99. The van der Waals surface area contributed by atoms with Gasteiger partial charge in [0.25, 0.3) is 0 Å². The molecule has 4 heteroatoms. The van der Waals surface area contributed by atoms with Crippen LogP contribution in [0.5, 0.6) is 0 Å². The van der Waals surface area contributed by atoms with Gasteiger partial charge in [0, 0.05) is 5.57 Å². The molecule has 4 nitrogen and oxygen atoms in total. The third kappa shape index (κ3) is 1.10. The fourth-order valence-corrected chi connectivity index (χ4v) is 1.52. The van der Waals surface area contributed by atoms with E-state index in [0.29, 0.717) is 0 Å². The number of carbonyl (C=O) groups is 2. The molecule has 1 saturated heterocycles. The van der Waals surface area contributed by atoms with Gasteiger partial charge in [0.05, 0.1) is 12.2 Å². The highest BCUT2D eigenvalue weighted by atomic mass is 16.6. The summed E-state index contributed by atoms with van der Waals surface area (Å²) in [5, 5.41) is 8.96. The molecule has 0 spiro atoms. The van der Waals surface area contributed by atoms with Crippen molar-refractivity contribution < 1.29 is 19.4 Å². The van der Waals surface area contributed by atoms with Crippen LogP contribution in [0, 0.1) is 11.8 Å². The van der Waals surface area contributed by atoms with Gasteiger partial charge in [0.15, 0.2) is 18.0 Å². The molecule has 2 aliphatic rings. The van der Waals surface area contributed by atoms with Crippen LogP contribution in [0.25, 0.3) is 0 Å². The van der Waals surface area contributed by atoms with Crippen molar-refractivity contribution in [3.8, 4) is 11.8 Å². The first-order valence-corrected chi connectivity index (χ1v) is 4.21. The first-order valence-electron chi connectivity index (χ1n) is 4.21. The van der Waals surface area contributed by atoms with E-state index in [2.05, 4.69) is 11.8 Å². The second-order valence-corrected chi connectivity index (χ2v) is 3.09. The maximum Gasteiger partial charge on any atom is 0.203 e. The van der Waals surface area contributed by atoms with Crippen molar-refractivity contribution in [2.24, 2.45) is 0 Å². The average molecular weight is 192 g/mol. The molecule has 0 aromatic carbocycles.